The Bertz CT molecular complexity index is 145. The lowest BCUT2D eigenvalue weighted by Crippen LogP contribution is -2.22. The molecule has 0 aliphatic rings. The summed E-state index contributed by atoms with van der Waals surface area (Å²) in [4.78, 5) is 11.1. The van der Waals surface area contributed by atoms with Gasteiger partial charge in [0.2, 0.25) is 0 Å². The third kappa shape index (κ3) is 4.88. The number of rotatable bonds is 6. The largest absolute Gasteiger partial charge is 0.466 e. The number of esters is 1. The van der Waals surface area contributed by atoms with Crippen LogP contribution < -0.4 is 0 Å². The van der Waals surface area contributed by atoms with Crippen LogP contribution in [0.15, 0.2) is 0 Å². The molecule has 0 radical (unpaired) electrons. The highest BCUT2D eigenvalue weighted by Gasteiger charge is 2.19. The Morgan fingerprint density at radius 3 is 2.31 bits per heavy atom. The van der Waals surface area contributed by atoms with E-state index in [0.717, 1.165) is 6.42 Å². The fourth-order valence-electron chi connectivity index (χ4n) is 1.32. The first-order valence-corrected chi connectivity index (χ1v) is 4.99. The highest BCUT2D eigenvalue weighted by molar-refractivity contribution is 5.69. The lowest BCUT2D eigenvalue weighted by molar-refractivity contribution is -0.145. The molecule has 0 aliphatic carbocycles. The highest BCUT2D eigenvalue weighted by Crippen LogP contribution is 2.16. The summed E-state index contributed by atoms with van der Waals surface area (Å²) in [7, 11) is 0. The van der Waals surface area contributed by atoms with Crippen molar-refractivity contribution in [1.29, 1.82) is 0 Å². The van der Waals surface area contributed by atoms with Crippen molar-refractivity contribution < 1.29 is 14.6 Å². The monoisotopic (exact) mass is 188 g/mol. The summed E-state index contributed by atoms with van der Waals surface area (Å²) in [6.45, 7) is 6.09. The van der Waals surface area contributed by atoms with Crippen molar-refractivity contribution in [2.75, 3.05) is 6.61 Å². The third-order valence-corrected chi connectivity index (χ3v) is 2.22. The maximum atomic E-state index is 11.1. The van der Waals surface area contributed by atoms with Crippen LogP contribution in [0.2, 0.25) is 0 Å². The van der Waals surface area contributed by atoms with Crippen molar-refractivity contribution in [3.8, 4) is 0 Å². The molecule has 0 heterocycles. The van der Waals surface area contributed by atoms with Crippen LogP contribution in [0.1, 0.15) is 40.0 Å². The van der Waals surface area contributed by atoms with E-state index < -0.39 is 0 Å². The minimum absolute atomic E-state index is 0.0454. The maximum Gasteiger partial charge on any atom is 0.306 e. The number of ether oxygens (including phenoxy) is 1. The summed E-state index contributed by atoms with van der Waals surface area (Å²) in [6.07, 6.45) is 1.46. The number of aliphatic hydroxyl groups excluding tert-OH is 1. The average Bonchev–Trinajstić information content (AvgIpc) is 2.13. The van der Waals surface area contributed by atoms with E-state index in [9.17, 15) is 9.90 Å². The zero-order valence-corrected chi connectivity index (χ0v) is 8.75. The predicted octanol–water partition coefficient (Wildman–Crippen LogP) is 1.74. The van der Waals surface area contributed by atoms with E-state index in [2.05, 4.69) is 0 Å². The molecule has 3 nitrogen and oxygen atoms in total. The normalized spacial score (nSPS) is 15.1. The van der Waals surface area contributed by atoms with Crippen LogP contribution in [-0.4, -0.2) is 23.8 Å². The number of carbonyl (C=O) groups excluding carboxylic acids is 1. The Kier molecular flexibility index (Phi) is 6.59. The van der Waals surface area contributed by atoms with Crippen LogP contribution in [0.5, 0.6) is 0 Å². The molecule has 0 aromatic rings. The van der Waals surface area contributed by atoms with Crippen molar-refractivity contribution in [1.82, 2.24) is 0 Å². The molecular formula is C10H20O3. The smallest absolute Gasteiger partial charge is 0.306 e. The Balaban J connectivity index is 3.89. The van der Waals surface area contributed by atoms with E-state index in [1.165, 1.54) is 0 Å². The van der Waals surface area contributed by atoms with E-state index in [4.69, 9.17) is 4.74 Å². The molecule has 0 aromatic heterocycles. The van der Waals surface area contributed by atoms with Gasteiger partial charge in [0.1, 0.15) is 0 Å². The molecule has 0 bridgehead atoms. The van der Waals surface area contributed by atoms with Crippen molar-refractivity contribution in [2.24, 2.45) is 5.92 Å². The van der Waals surface area contributed by atoms with Gasteiger partial charge in [-0.1, -0.05) is 20.3 Å². The first-order chi connectivity index (χ1) is 6.15. The van der Waals surface area contributed by atoms with Gasteiger partial charge in [-0.15, -0.1) is 0 Å². The summed E-state index contributed by atoms with van der Waals surface area (Å²) in [5.41, 5.74) is 0. The molecule has 13 heavy (non-hydrogen) atoms. The molecule has 0 saturated carbocycles. The van der Waals surface area contributed by atoms with Gasteiger partial charge in [-0.3, -0.25) is 4.79 Å². The Morgan fingerprint density at radius 2 is 1.92 bits per heavy atom. The zero-order chi connectivity index (χ0) is 10.3. The standard InChI is InChI=1S/C10H20O3/c1-4-8(9(11)5-2)7-10(12)13-6-3/h8-9,11H,4-7H2,1-3H3. The molecular weight excluding hydrogens is 168 g/mol. The second-order valence-electron chi connectivity index (χ2n) is 3.15. The van der Waals surface area contributed by atoms with Gasteiger partial charge in [0.15, 0.2) is 0 Å². The molecule has 78 valence electrons. The lowest BCUT2D eigenvalue weighted by Gasteiger charge is -2.18. The fourth-order valence-corrected chi connectivity index (χ4v) is 1.32. The highest BCUT2D eigenvalue weighted by atomic mass is 16.5. The molecule has 0 aromatic carbocycles. The van der Waals surface area contributed by atoms with Crippen LogP contribution >= 0.6 is 0 Å². The van der Waals surface area contributed by atoms with Crippen LogP contribution in [-0.2, 0) is 9.53 Å². The average molecular weight is 188 g/mol. The lowest BCUT2D eigenvalue weighted by atomic mass is 9.94. The van der Waals surface area contributed by atoms with E-state index in [0.29, 0.717) is 19.4 Å². The SMILES string of the molecule is CCOC(=O)CC(CC)C(O)CC. The van der Waals surface area contributed by atoms with Gasteiger partial charge in [-0.2, -0.15) is 0 Å². The van der Waals surface area contributed by atoms with E-state index in [1.54, 1.807) is 6.92 Å². The van der Waals surface area contributed by atoms with Gasteiger partial charge in [-0.25, -0.2) is 0 Å². The predicted molar refractivity (Wildman–Crippen MR) is 51.3 cm³/mol. The minimum atomic E-state index is -0.380. The van der Waals surface area contributed by atoms with Crippen LogP contribution in [0.3, 0.4) is 0 Å². The molecule has 1 N–H and O–H groups in total. The summed E-state index contributed by atoms with van der Waals surface area (Å²) in [5, 5.41) is 9.53. The number of aliphatic hydroxyl groups is 1. The molecule has 0 amide bonds. The van der Waals surface area contributed by atoms with Crippen LogP contribution in [0.4, 0.5) is 0 Å². The molecule has 0 spiro atoms. The first kappa shape index (κ1) is 12.4. The van der Waals surface area contributed by atoms with E-state index >= 15 is 0 Å². The first-order valence-electron chi connectivity index (χ1n) is 4.99. The van der Waals surface area contributed by atoms with Gasteiger partial charge in [-0.05, 0) is 19.3 Å². The minimum Gasteiger partial charge on any atom is -0.466 e. The molecule has 0 aliphatic heterocycles. The molecule has 3 heteroatoms. The summed E-state index contributed by atoms with van der Waals surface area (Å²) in [6, 6.07) is 0. The topological polar surface area (TPSA) is 46.5 Å². The molecule has 0 rings (SSSR count). The van der Waals surface area contributed by atoms with E-state index in [1.807, 2.05) is 13.8 Å². The van der Waals surface area contributed by atoms with Crippen molar-refractivity contribution >= 4 is 5.97 Å². The van der Waals surface area contributed by atoms with Gasteiger partial charge in [0, 0.05) is 0 Å². The van der Waals surface area contributed by atoms with Gasteiger partial charge in [0.05, 0.1) is 19.1 Å². The number of carbonyl (C=O) groups is 1. The van der Waals surface area contributed by atoms with Gasteiger partial charge < -0.3 is 9.84 Å². The van der Waals surface area contributed by atoms with Crippen molar-refractivity contribution in [2.45, 2.75) is 46.1 Å². The Labute approximate surface area is 80.1 Å². The number of hydrogen-bond acceptors (Lipinski definition) is 3. The van der Waals surface area contributed by atoms with Crippen LogP contribution in [0, 0.1) is 5.92 Å². The third-order valence-electron chi connectivity index (χ3n) is 2.22. The molecule has 2 unspecified atom stereocenters. The molecule has 0 fully saturated rings. The molecule has 2 atom stereocenters. The number of hydrogen-bond donors (Lipinski definition) is 1. The zero-order valence-electron chi connectivity index (χ0n) is 8.75. The van der Waals surface area contributed by atoms with Gasteiger partial charge in [0.25, 0.3) is 0 Å². The summed E-state index contributed by atoms with van der Waals surface area (Å²) < 4.78 is 4.82. The molecule has 0 saturated heterocycles. The summed E-state index contributed by atoms with van der Waals surface area (Å²) >= 11 is 0. The second kappa shape index (κ2) is 6.89. The maximum absolute atomic E-state index is 11.1. The van der Waals surface area contributed by atoms with E-state index in [-0.39, 0.29) is 18.0 Å². The fraction of sp³-hybridized carbons (Fsp3) is 0.900. The van der Waals surface area contributed by atoms with Gasteiger partial charge >= 0.3 is 5.97 Å². The Morgan fingerprint density at radius 1 is 1.31 bits per heavy atom. The van der Waals surface area contributed by atoms with Crippen molar-refractivity contribution in [3.63, 3.8) is 0 Å². The quantitative estimate of drug-likeness (QED) is 0.646. The van der Waals surface area contributed by atoms with Crippen molar-refractivity contribution in [3.05, 3.63) is 0 Å². The second-order valence-corrected chi connectivity index (χ2v) is 3.15. The Hall–Kier alpha value is -0.570. The van der Waals surface area contributed by atoms with Crippen LogP contribution in [0.25, 0.3) is 0 Å². The summed E-state index contributed by atoms with van der Waals surface area (Å²) in [5.74, 6) is -0.161.